The molecule has 156 valence electrons. The van der Waals surface area contributed by atoms with Crippen molar-refractivity contribution in [3.8, 4) is 0 Å². The summed E-state index contributed by atoms with van der Waals surface area (Å²) >= 11 is 6.18. The number of nitrogens with zero attached hydrogens (tertiary/aromatic N) is 1. The van der Waals surface area contributed by atoms with E-state index in [2.05, 4.69) is 41.5 Å². The van der Waals surface area contributed by atoms with Gasteiger partial charge in [-0.1, -0.05) is 65.3 Å². The van der Waals surface area contributed by atoms with Crippen molar-refractivity contribution in [1.82, 2.24) is 4.90 Å². The van der Waals surface area contributed by atoms with Gasteiger partial charge in [0.15, 0.2) is 6.10 Å². The molecule has 0 unspecified atom stereocenters. The second-order valence-corrected chi connectivity index (χ2v) is 14.1. The summed E-state index contributed by atoms with van der Waals surface area (Å²) in [6, 6.07) is 6.72. The Hall–Kier alpha value is -1.37. The topological polar surface area (TPSA) is 55.8 Å². The average Bonchev–Trinajstić information content (AvgIpc) is 2.59. The Morgan fingerprint density at radius 3 is 2.18 bits per heavy atom. The summed E-state index contributed by atoms with van der Waals surface area (Å²) in [5.74, 6) is -0.331. The monoisotopic (exact) mass is 425 g/mol. The van der Waals surface area contributed by atoms with Gasteiger partial charge in [0.1, 0.15) is 6.04 Å². The number of β-lactam (4-membered cyclic amide) rings is 1. The summed E-state index contributed by atoms with van der Waals surface area (Å²) in [7, 11) is -2.31. The second kappa shape index (κ2) is 8.97. The molecule has 7 heteroatoms. The van der Waals surface area contributed by atoms with Gasteiger partial charge in [-0.05, 0) is 41.2 Å². The first-order valence-electron chi connectivity index (χ1n) is 10.0. The molecule has 1 aromatic rings. The highest BCUT2D eigenvalue weighted by Crippen LogP contribution is 2.48. The maximum atomic E-state index is 13.0. The predicted molar refractivity (Wildman–Crippen MR) is 114 cm³/mol. The lowest BCUT2D eigenvalue weighted by Gasteiger charge is -2.51. The van der Waals surface area contributed by atoms with Crippen molar-refractivity contribution >= 4 is 31.9 Å². The van der Waals surface area contributed by atoms with Crippen LogP contribution in [-0.4, -0.2) is 37.9 Å². The molecule has 1 fully saturated rings. The van der Waals surface area contributed by atoms with Gasteiger partial charge >= 0.3 is 6.09 Å². The van der Waals surface area contributed by atoms with Crippen molar-refractivity contribution < 1.29 is 18.8 Å². The zero-order valence-corrected chi connectivity index (χ0v) is 19.6. The maximum Gasteiger partial charge on any atom is 0.417 e. The molecule has 1 heterocycles. The van der Waals surface area contributed by atoms with Crippen LogP contribution >= 0.6 is 11.6 Å². The van der Waals surface area contributed by atoms with Crippen molar-refractivity contribution in [2.45, 2.75) is 77.2 Å². The number of ether oxygens (including phenoxy) is 1. The van der Waals surface area contributed by atoms with Gasteiger partial charge in [0.05, 0.1) is 6.61 Å². The first-order chi connectivity index (χ1) is 13.1. The summed E-state index contributed by atoms with van der Waals surface area (Å²) in [5, 5.41) is 0.555. The zero-order chi connectivity index (χ0) is 21.2. The number of hydrogen-bond donors (Lipinski definition) is 0. The molecule has 1 saturated heterocycles. The van der Waals surface area contributed by atoms with E-state index >= 15 is 0 Å². The van der Waals surface area contributed by atoms with Crippen molar-refractivity contribution in [2.75, 3.05) is 6.61 Å². The van der Waals surface area contributed by atoms with Crippen molar-refractivity contribution in [3.05, 3.63) is 34.9 Å². The molecule has 0 bridgehead atoms. The molecular weight excluding hydrogens is 394 g/mol. The van der Waals surface area contributed by atoms with Gasteiger partial charge in [0, 0.05) is 5.02 Å². The van der Waals surface area contributed by atoms with Gasteiger partial charge in [0.2, 0.25) is 8.32 Å². The number of halogens is 1. The Kier molecular flexibility index (Phi) is 7.34. The second-order valence-electron chi connectivity index (χ2n) is 8.26. The van der Waals surface area contributed by atoms with Crippen LogP contribution in [0.1, 0.15) is 60.1 Å². The van der Waals surface area contributed by atoms with E-state index in [1.807, 2.05) is 12.1 Å². The highest BCUT2D eigenvalue weighted by atomic mass is 35.5. The SMILES string of the molecule is CCOC(=O)N1C(=O)[C@H](O[Si](C(C)C)(C(C)C)C(C)C)[C@@H]1c1cccc(Cl)c1. The summed E-state index contributed by atoms with van der Waals surface area (Å²) in [5.41, 5.74) is 1.77. The third kappa shape index (κ3) is 4.00. The minimum Gasteiger partial charge on any atom is -0.449 e. The zero-order valence-electron chi connectivity index (χ0n) is 17.9. The summed E-state index contributed by atoms with van der Waals surface area (Å²) < 4.78 is 11.8. The number of likely N-dealkylation sites (tertiary alicyclic amines) is 1. The van der Waals surface area contributed by atoms with Crippen molar-refractivity contribution in [1.29, 1.82) is 0 Å². The molecule has 0 saturated carbocycles. The van der Waals surface area contributed by atoms with Crippen LogP contribution in [0.25, 0.3) is 0 Å². The van der Waals surface area contributed by atoms with E-state index in [1.165, 1.54) is 4.90 Å². The molecule has 0 aromatic heterocycles. The number of carbonyl (C=O) groups excluding carboxylic acids is 2. The molecule has 0 spiro atoms. The Labute approximate surface area is 174 Å². The van der Waals surface area contributed by atoms with Gasteiger partial charge in [-0.2, -0.15) is 0 Å². The fraction of sp³-hybridized carbons (Fsp3) is 0.619. The molecule has 2 amide bonds. The fourth-order valence-corrected chi connectivity index (χ4v) is 10.3. The number of carbonyl (C=O) groups is 2. The summed E-state index contributed by atoms with van der Waals surface area (Å²) in [6.07, 6.45) is -1.33. The van der Waals surface area contributed by atoms with Gasteiger partial charge in [-0.3, -0.25) is 4.79 Å². The lowest BCUT2D eigenvalue weighted by Crippen LogP contribution is -2.66. The molecule has 1 aliphatic rings. The van der Waals surface area contributed by atoms with Crippen molar-refractivity contribution in [2.24, 2.45) is 0 Å². The molecule has 0 radical (unpaired) electrons. The molecular formula is C21H32ClNO4Si. The van der Waals surface area contributed by atoms with Crippen molar-refractivity contribution in [3.63, 3.8) is 0 Å². The standard InChI is InChI=1S/C21H32ClNO4Si/c1-8-26-21(25)23-18(16-10-9-11-17(22)12-16)19(20(23)24)27-28(13(2)3,14(4)5)15(6)7/h9-15,18-19H,8H2,1-7H3/t18-,19+/m0/s1. The number of imide groups is 1. The molecule has 5 nitrogen and oxygen atoms in total. The number of hydrogen-bond acceptors (Lipinski definition) is 4. The van der Waals surface area contributed by atoms with Crippen LogP contribution in [0.5, 0.6) is 0 Å². The van der Waals surface area contributed by atoms with E-state index in [4.69, 9.17) is 20.8 Å². The van der Waals surface area contributed by atoms with Gasteiger partial charge < -0.3 is 9.16 Å². The molecule has 1 aliphatic heterocycles. The maximum absolute atomic E-state index is 13.0. The highest BCUT2D eigenvalue weighted by molar-refractivity contribution is 6.77. The Morgan fingerprint density at radius 2 is 1.71 bits per heavy atom. The van der Waals surface area contributed by atoms with E-state index in [9.17, 15) is 9.59 Å². The average molecular weight is 426 g/mol. The van der Waals surface area contributed by atoms with Crippen LogP contribution < -0.4 is 0 Å². The summed E-state index contributed by atoms with van der Waals surface area (Å²) in [6.45, 7) is 15.0. The molecule has 28 heavy (non-hydrogen) atoms. The van der Waals surface area contributed by atoms with E-state index < -0.39 is 26.6 Å². The van der Waals surface area contributed by atoms with E-state index in [-0.39, 0.29) is 12.5 Å². The van der Waals surface area contributed by atoms with E-state index in [0.29, 0.717) is 21.6 Å². The first kappa shape index (κ1) is 22.9. The highest BCUT2D eigenvalue weighted by Gasteiger charge is 2.58. The van der Waals surface area contributed by atoms with Crippen LogP contribution in [0.15, 0.2) is 24.3 Å². The molecule has 0 aliphatic carbocycles. The predicted octanol–water partition coefficient (Wildman–Crippen LogP) is 5.94. The molecule has 2 rings (SSSR count). The smallest absolute Gasteiger partial charge is 0.417 e. The number of rotatable bonds is 7. The van der Waals surface area contributed by atoms with Crippen LogP contribution in [0.4, 0.5) is 4.79 Å². The van der Waals surface area contributed by atoms with Gasteiger partial charge in [0.25, 0.3) is 5.91 Å². The quantitative estimate of drug-likeness (QED) is 0.400. The number of amides is 2. The van der Waals surface area contributed by atoms with Crippen LogP contribution in [-0.2, 0) is 14.0 Å². The minimum absolute atomic E-state index is 0.207. The number of benzene rings is 1. The van der Waals surface area contributed by atoms with Crippen LogP contribution in [0, 0.1) is 0 Å². The first-order valence-corrected chi connectivity index (χ1v) is 12.5. The Morgan fingerprint density at radius 1 is 1.14 bits per heavy atom. The minimum atomic E-state index is -2.31. The van der Waals surface area contributed by atoms with Gasteiger partial charge in [-0.15, -0.1) is 0 Å². The third-order valence-electron chi connectivity index (χ3n) is 5.74. The lowest BCUT2D eigenvalue weighted by atomic mass is 9.91. The lowest BCUT2D eigenvalue weighted by molar-refractivity contribution is -0.161. The van der Waals surface area contributed by atoms with Crippen LogP contribution in [0.2, 0.25) is 21.6 Å². The van der Waals surface area contributed by atoms with E-state index in [0.717, 1.165) is 5.56 Å². The normalized spacial score (nSPS) is 20.1. The fourth-order valence-electron chi connectivity index (χ4n) is 4.62. The van der Waals surface area contributed by atoms with E-state index in [1.54, 1.807) is 19.1 Å². The third-order valence-corrected chi connectivity index (χ3v) is 12.1. The summed E-state index contributed by atoms with van der Waals surface area (Å²) in [4.78, 5) is 26.6. The van der Waals surface area contributed by atoms with Crippen LogP contribution in [0.3, 0.4) is 0 Å². The Balaban J connectivity index is 2.46. The Bertz CT molecular complexity index is 700. The molecule has 2 atom stereocenters. The molecule has 0 N–H and O–H groups in total. The largest absolute Gasteiger partial charge is 0.449 e. The van der Waals surface area contributed by atoms with Gasteiger partial charge in [-0.25, -0.2) is 9.69 Å². The molecule has 1 aromatic carbocycles.